The Labute approximate surface area is 181 Å². The Morgan fingerprint density at radius 1 is 1.10 bits per heavy atom. The average Bonchev–Trinajstić information content (AvgIpc) is 2.73. The maximum atomic E-state index is 11.5. The first-order valence-electron chi connectivity index (χ1n) is 9.40. The number of aromatic hydroxyl groups is 1. The molecule has 0 spiro atoms. The number of hydrogen-bond acceptors (Lipinski definition) is 6. The minimum atomic E-state index is -0.802. The zero-order valence-corrected chi connectivity index (χ0v) is 18.0. The first-order chi connectivity index (χ1) is 13.9. The van der Waals surface area contributed by atoms with Gasteiger partial charge >= 0.3 is 0 Å². The molecule has 2 atom stereocenters. The fourth-order valence-electron chi connectivity index (χ4n) is 3.39. The van der Waals surface area contributed by atoms with Gasteiger partial charge in [-0.3, -0.25) is 4.79 Å². The number of phenolic OH excluding ortho intramolecular Hbond substituents is 1. The van der Waals surface area contributed by atoms with E-state index in [0.29, 0.717) is 29.4 Å². The molecule has 4 N–H and O–H groups in total. The van der Waals surface area contributed by atoms with Crippen LogP contribution in [0.2, 0.25) is 0 Å². The SMILES string of the molecule is COc1ccc(C[C@@H](C)NC[C@H](O)c2ccc(O)c3[nH]c(=O)ccc23)c(OC)c1.Cl. The molecule has 1 heterocycles. The number of benzene rings is 2. The highest BCUT2D eigenvalue weighted by molar-refractivity contribution is 5.87. The van der Waals surface area contributed by atoms with E-state index in [4.69, 9.17) is 9.47 Å². The van der Waals surface area contributed by atoms with E-state index in [1.807, 2.05) is 25.1 Å². The Bertz CT molecular complexity index is 1050. The summed E-state index contributed by atoms with van der Waals surface area (Å²) in [5, 5.41) is 24.6. The molecule has 0 radical (unpaired) electrons. The first kappa shape index (κ1) is 23.5. The summed E-state index contributed by atoms with van der Waals surface area (Å²) in [4.78, 5) is 14.1. The first-order valence-corrected chi connectivity index (χ1v) is 9.40. The van der Waals surface area contributed by atoms with Gasteiger partial charge < -0.3 is 30.0 Å². The van der Waals surface area contributed by atoms with Gasteiger partial charge in [0.15, 0.2) is 0 Å². The minimum Gasteiger partial charge on any atom is -0.506 e. The van der Waals surface area contributed by atoms with Gasteiger partial charge in [0.25, 0.3) is 0 Å². The van der Waals surface area contributed by atoms with Crippen LogP contribution in [0.1, 0.15) is 24.2 Å². The predicted octanol–water partition coefficient (Wildman–Crippen LogP) is 2.93. The van der Waals surface area contributed by atoms with E-state index in [1.165, 1.54) is 12.1 Å². The Morgan fingerprint density at radius 2 is 1.87 bits per heavy atom. The molecule has 30 heavy (non-hydrogen) atoms. The smallest absolute Gasteiger partial charge is 0.248 e. The summed E-state index contributed by atoms with van der Waals surface area (Å²) in [7, 11) is 3.24. The van der Waals surface area contributed by atoms with Crippen LogP contribution in [0.15, 0.2) is 47.3 Å². The number of aliphatic hydroxyl groups excluding tert-OH is 1. The van der Waals surface area contributed by atoms with Crippen molar-refractivity contribution in [3.8, 4) is 17.2 Å². The van der Waals surface area contributed by atoms with Crippen LogP contribution in [-0.4, -0.2) is 42.0 Å². The number of aromatic amines is 1. The number of hydrogen-bond donors (Lipinski definition) is 4. The maximum Gasteiger partial charge on any atom is 0.248 e. The number of pyridine rings is 1. The lowest BCUT2D eigenvalue weighted by Crippen LogP contribution is -2.32. The van der Waals surface area contributed by atoms with Crippen molar-refractivity contribution in [1.29, 1.82) is 0 Å². The molecule has 2 aromatic carbocycles. The fourth-order valence-corrected chi connectivity index (χ4v) is 3.39. The number of rotatable bonds is 8. The van der Waals surface area contributed by atoms with Gasteiger partial charge in [0, 0.05) is 30.1 Å². The molecule has 0 aliphatic heterocycles. The Balaban J connectivity index is 0.00000320. The molecule has 0 aliphatic rings. The minimum absolute atomic E-state index is 0. The summed E-state index contributed by atoms with van der Waals surface area (Å²) in [6.07, 6.45) is -0.0898. The number of H-pyrrole nitrogens is 1. The second kappa shape index (κ2) is 10.3. The van der Waals surface area contributed by atoms with Crippen LogP contribution in [0.5, 0.6) is 17.2 Å². The van der Waals surface area contributed by atoms with Crippen LogP contribution in [0, 0.1) is 0 Å². The number of halogens is 1. The van der Waals surface area contributed by atoms with Crippen molar-refractivity contribution >= 4 is 23.3 Å². The van der Waals surface area contributed by atoms with Crippen molar-refractivity contribution in [2.75, 3.05) is 20.8 Å². The molecule has 1 aromatic heterocycles. The summed E-state index contributed by atoms with van der Waals surface area (Å²) in [5.41, 5.74) is 1.69. The molecule has 3 rings (SSSR count). The Kier molecular flexibility index (Phi) is 8.11. The summed E-state index contributed by atoms with van der Waals surface area (Å²) >= 11 is 0. The molecule has 0 aliphatic carbocycles. The molecule has 3 aromatic rings. The summed E-state index contributed by atoms with van der Waals surface area (Å²) < 4.78 is 10.7. The van der Waals surface area contributed by atoms with Gasteiger partial charge in [0.05, 0.1) is 25.8 Å². The van der Waals surface area contributed by atoms with Crippen LogP contribution >= 0.6 is 12.4 Å². The van der Waals surface area contributed by atoms with E-state index in [0.717, 1.165) is 17.1 Å². The summed E-state index contributed by atoms with van der Waals surface area (Å²) in [5.74, 6) is 1.47. The lowest BCUT2D eigenvalue weighted by atomic mass is 10.0. The van der Waals surface area contributed by atoms with E-state index >= 15 is 0 Å². The average molecular weight is 435 g/mol. The number of phenols is 1. The summed E-state index contributed by atoms with van der Waals surface area (Å²) in [6.45, 7) is 2.35. The van der Waals surface area contributed by atoms with Gasteiger partial charge in [-0.05, 0) is 42.7 Å². The van der Waals surface area contributed by atoms with Gasteiger partial charge in [-0.25, -0.2) is 0 Å². The van der Waals surface area contributed by atoms with E-state index in [9.17, 15) is 15.0 Å². The zero-order chi connectivity index (χ0) is 21.0. The second-order valence-electron chi connectivity index (χ2n) is 6.99. The van der Waals surface area contributed by atoms with Crippen molar-refractivity contribution in [3.05, 3.63) is 63.9 Å². The molecule has 0 saturated heterocycles. The topological polar surface area (TPSA) is 104 Å². The van der Waals surface area contributed by atoms with Crippen molar-refractivity contribution < 1.29 is 19.7 Å². The lowest BCUT2D eigenvalue weighted by Gasteiger charge is -2.20. The highest BCUT2D eigenvalue weighted by atomic mass is 35.5. The van der Waals surface area contributed by atoms with Crippen LogP contribution in [-0.2, 0) is 6.42 Å². The van der Waals surface area contributed by atoms with Gasteiger partial charge in [-0.15, -0.1) is 12.4 Å². The van der Waals surface area contributed by atoms with Crippen LogP contribution in [0.25, 0.3) is 10.9 Å². The third-order valence-corrected chi connectivity index (χ3v) is 4.95. The number of nitrogens with one attached hydrogen (secondary N) is 2. The van der Waals surface area contributed by atoms with E-state index < -0.39 is 6.10 Å². The Hall–Kier alpha value is -2.74. The number of ether oxygens (including phenoxy) is 2. The third kappa shape index (κ3) is 5.24. The molecular formula is C22H27ClN2O5. The van der Waals surface area contributed by atoms with Gasteiger partial charge in [-0.2, -0.15) is 0 Å². The molecule has 0 fully saturated rings. The predicted molar refractivity (Wildman–Crippen MR) is 119 cm³/mol. The van der Waals surface area contributed by atoms with Crippen molar-refractivity contribution in [3.63, 3.8) is 0 Å². The maximum absolute atomic E-state index is 11.5. The molecule has 7 nitrogen and oxygen atoms in total. The van der Waals surface area contributed by atoms with E-state index in [-0.39, 0.29) is 29.8 Å². The highest BCUT2D eigenvalue weighted by Gasteiger charge is 2.16. The molecule has 0 unspecified atom stereocenters. The quantitative estimate of drug-likeness (QED) is 0.434. The monoisotopic (exact) mass is 434 g/mol. The Morgan fingerprint density at radius 3 is 2.57 bits per heavy atom. The number of aromatic nitrogens is 1. The normalized spacial score (nSPS) is 12.8. The molecular weight excluding hydrogens is 408 g/mol. The molecule has 162 valence electrons. The van der Waals surface area contributed by atoms with Crippen molar-refractivity contribution in [2.45, 2.75) is 25.5 Å². The van der Waals surface area contributed by atoms with Gasteiger partial charge in [0.2, 0.25) is 5.56 Å². The fraction of sp³-hybridized carbons (Fsp3) is 0.318. The molecule has 0 saturated carbocycles. The number of methoxy groups -OCH3 is 2. The van der Waals surface area contributed by atoms with E-state index in [2.05, 4.69) is 10.3 Å². The largest absolute Gasteiger partial charge is 0.506 e. The van der Waals surface area contributed by atoms with Crippen LogP contribution in [0.4, 0.5) is 0 Å². The van der Waals surface area contributed by atoms with Crippen LogP contribution in [0.3, 0.4) is 0 Å². The van der Waals surface area contributed by atoms with Crippen molar-refractivity contribution in [2.24, 2.45) is 0 Å². The van der Waals surface area contributed by atoms with Crippen LogP contribution < -0.4 is 20.3 Å². The van der Waals surface area contributed by atoms with Crippen molar-refractivity contribution in [1.82, 2.24) is 10.3 Å². The third-order valence-electron chi connectivity index (χ3n) is 4.95. The van der Waals surface area contributed by atoms with E-state index in [1.54, 1.807) is 26.4 Å². The highest BCUT2D eigenvalue weighted by Crippen LogP contribution is 2.29. The number of aliphatic hydroxyl groups is 1. The summed E-state index contributed by atoms with van der Waals surface area (Å²) in [6, 6.07) is 11.9. The molecule has 0 amide bonds. The molecule has 8 heteroatoms. The number of fused-ring (bicyclic) bond motifs is 1. The second-order valence-corrected chi connectivity index (χ2v) is 6.99. The van der Waals surface area contributed by atoms with Gasteiger partial charge in [0.1, 0.15) is 17.2 Å². The van der Waals surface area contributed by atoms with Gasteiger partial charge in [-0.1, -0.05) is 12.1 Å². The lowest BCUT2D eigenvalue weighted by molar-refractivity contribution is 0.172. The molecule has 0 bridgehead atoms. The standard InChI is InChI=1S/C22H26N2O5.ClH/c1-13(10-14-4-5-15(28-2)11-20(14)29-3)23-12-19(26)16-6-8-18(25)22-17(16)7-9-21(27)24-22;/h4-9,11,13,19,23,25-26H,10,12H2,1-3H3,(H,24,27);1H/t13-,19+;/m1./s1. The zero-order valence-electron chi connectivity index (χ0n) is 17.1.